The molecule has 2 N–H and O–H groups in total. The standard InChI is InChI=1S/C22H22BrN3O2/c1-14-19(3-2-4-20(14)23)15-9-10-26-18(11-15)7-5-16(22(26)28)12-24-13-17-6-8-21(27)25-17/h2-5,7,9-11,17,24H,6,8,12-13H2,1H3,(H,25,27). The van der Waals surface area contributed by atoms with Crippen LogP contribution in [0.3, 0.4) is 0 Å². The van der Waals surface area contributed by atoms with Crippen molar-refractivity contribution in [3.05, 3.63) is 74.6 Å². The van der Waals surface area contributed by atoms with Crippen LogP contribution < -0.4 is 16.2 Å². The average molecular weight is 440 g/mol. The van der Waals surface area contributed by atoms with Crippen molar-refractivity contribution in [2.45, 2.75) is 32.4 Å². The van der Waals surface area contributed by atoms with Crippen molar-refractivity contribution >= 4 is 27.4 Å². The Morgan fingerprint density at radius 3 is 2.86 bits per heavy atom. The summed E-state index contributed by atoms with van der Waals surface area (Å²) in [4.78, 5) is 24.1. The Kier molecular flexibility index (Phi) is 5.33. The highest BCUT2D eigenvalue weighted by molar-refractivity contribution is 9.10. The van der Waals surface area contributed by atoms with Gasteiger partial charge in [-0.25, -0.2) is 0 Å². The molecule has 0 bridgehead atoms. The van der Waals surface area contributed by atoms with Crippen LogP contribution in [0.15, 0.2) is 57.9 Å². The molecule has 4 rings (SSSR count). The number of nitrogens with one attached hydrogen (secondary N) is 2. The minimum atomic E-state index is -0.0158. The number of carbonyl (C=O) groups is 1. The van der Waals surface area contributed by atoms with E-state index in [1.165, 1.54) is 5.56 Å². The molecule has 0 aliphatic carbocycles. The van der Waals surface area contributed by atoms with Crippen LogP contribution in [0, 0.1) is 6.92 Å². The van der Waals surface area contributed by atoms with Gasteiger partial charge in [0.15, 0.2) is 0 Å². The molecule has 3 aromatic rings. The molecule has 28 heavy (non-hydrogen) atoms. The van der Waals surface area contributed by atoms with Crippen LogP contribution in [0.5, 0.6) is 0 Å². The highest BCUT2D eigenvalue weighted by Crippen LogP contribution is 2.29. The summed E-state index contributed by atoms with van der Waals surface area (Å²) in [5, 5.41) is 6.21. The van der Waals surface area contributed by atoms with E-state index in [9.17, 15) is 9.59 Å². The molecule has 0 spiro atoms. The Bertz CT molecular complexity index is 1110. The number of hydrogen-bond donors (Lipinski definition) is 2. The van der Waals surface area contributed by atoms with Gasteiger partial charge in [-0.1, -0.05) is 34.1 Å². The number of nitrogens with zero attached hydrogens (tertiary/aromatic N) is 1. The van der Waals surface area contributed by atoms with Gasteiger partial charge in [0, 0.05) is 47.3 Å². The molecule has 0 radical (unpaired) electrons. The van der Waals surface area contributed by atoms with Crippen LogP contribution in [-0.2, 0) is 11.3 Å². The lowest BCUT2D eigenvalue weighted by Gasteiger charge is -2.12. The lowest BCUT2D eigenvalue weighted by atomic mass is 10.0. The Morgan fingerprint density at radius 2 is 2.07 bits per heavy atom. The molecule has 1 amide bonds. The van der Waals surface area contributed by atoms with E-state index in [2.05, 4.69) is 39.6 Å². The Hall–Kier alpha value is -2.44. The molecule has 1 aromatic carbocycles. The summed E-state index contributed by atoms with van der Waals surface area (Å²) >= 11 is 3.58. The van der Waals surface area contributed by atoms with Crippen molar-refractivity contribution in [2.75, 3.05) is 6.54 Å². The fourth-order valence-electron chi connectivity index (χ4n) is 3.68. The van der Waals surface area contributed by atoms with E-state index in [0.717, 1.165) is 27.5 Å². The lowest BCUT2D eigenvalue weighted by molar-refractivity contribution is -0.119. The van der Waals surface area contributed by atoms with Crippen LogP contribution in [0.1, 0.15) is 24.0 Å². The number of rotatable bonds is 5. The molecule has 144 valence electrons. The summed E-state index contributed by atoms with van der Waals surface area (Å²) in [7, 11) is 0. The number of amides is 1. The lowest BCUT2D eigenvalue weighted by Crippen LogP contribution is -2.36. The van der Waals surface area contributed by atoms with Gasteiger partial charge in [0.05, 0.1) is 0 Å². The Labute approximate surface area is 171 Å². The second kappa shape index (κ2) is 7.89. The molecule has 6 heteroatoms. The second-order valence-electron chi connectivity index (χ2n) is 7.22. The second-order valence-corrected chi connectivity index (χ2v) is 8.07. The van der Waals surface area contributed by atoms with E-state index >= 15 is 0 Å². The molecule has 1 aliphatic rings. The zero-order chi connectivity index (χ0) is 19.7. The smallest absolute Gasteiger partial charge is 0.259 e. The van der Waals surface area contributed by atoms with E-state index in [1.807, 2.05) is 42.6 Å². The predicted molar refractivity (Wildman–Crippen MR) is 114 cm³/mol. The first kappa shape index (κ1) is 18.9. The third-order valence-corrected chi connectivity index (χ3v) is 6.16. The topological polar surface area (TPSA) is 62.6 Å². The van der Waals surface area contributed by atoms with Crippen LogP contribution in [0.25, 0.3) is 16.6 Å². The van der Waals surface area contributed by atoms with E-state index in [0.29, 0.717) is 25.1 Å². The fourth-order valence-corrected chi connectivity index (χ4v) is 4.04. The number of halogens is 1. The summed E-state index contributed by atoms with van der Waals surface area (Å²) in [6.45, 7) is 3.24. The monoisotopic (exact) mass is 439 g/mol. The van der Waals surface area contributed by atoms with Gasteiger partial charge in [-0.2, -0.15) is 0 Å². The van der Waals surface area contributed by atoms with Crippen molar-refractivity contribution in [1.82, 2.24) is 15.0 Å². The maximum Gasteiger partial charge on any atom is 0.259 e. The summed E-state index contributed by atoms with van der Waals surface area (Å²) in [6, 6.07) is 14.2. The number of fused-ring (bicyclic) bond motifs is 1. The first-order valence-corrected chi connectivity index (χ1v) is 10.2. The molecule has 5 nitrogen and oxygen atoms in total. The Morgan fingerprint density at radius 1 is 1.21 bits per heavy atom. The van der Waals surface area contributed by atoms with Crippen LogP contribution in [-0.4, -0.2) is 22.9 Å². The quantitative estimate of drug-likeness (QED) is 0.640. The van der Waals surface area contributed by atoms with Gasteiger partial charge in [0.2, 0.25) is 5.91 Å². The number of benzene rings is 1. The number of carbonyl (C=O) groups excluding carboxylic acids is 1. The van der Waals surface area contributed by atoms with Crippen molar-refractivity contribution in [3.63, 3.8) is 0 Å². The SMILES string of the molecule is Cc1c(Br)cccc1-c1ccn2c(=O)c(CNCC3CCC(=O)N3)ccc2c1. The van der Waals surface area contributed by atoms with E-state index < -0.39 is 0 Å². The van der Waals surface area contributed by atoms with Crippen molar-refractivity contribution < 1.29 is 4.79 Å². The van der Waals surface area contributed by atoms with Gasteiger partial charge in [-0.15, -0.1) is 0 Å². The van der Waals surface area contributed by atoms with Crippen molar-refractivity contribution in [3.8, 4) is 11.1 Å². The highest BCUT2D eigenvalue weighted by Gasteiger charge is 2.20. The molecule has 1 atom stereocenters. The largest absolute Gasteiger partial charge is 0.352 e. The van der Waals surface area contributed by atoms with Crippen LogP contribution >= 0.6 is 15.9 Å². The van der Waals surface area contributed by atoms with Crippen LogP contribution in [0.4, 0.5) is 0 Å². The molecule has 3 heterocycles. The fraction of sp³-hybridized carbons (Fsp3) is 0.273. The van der Waals surface area contributed by atoms with Crippen molar-refractivity contribution in [1.29, 1.82) is 0 Å². The first-order chi connectivity index (χ1) is 13.5. The summed E-state index contributed by atoms with van der Waals surface area (Å²) < 4.78 is 2.76. The van der Waals surface area contributed by atoms with E-state index in [4.69, 9.17) is 0 Å². The molecule has 1 aliphatic heterocycles. The van der Waals surface area contributed by atoms with Gasteiger partial charge in [-0.3, -0.25) is 14.0 Å². The molecule has 1 fully saturated rings. The van der Waals surface area contributed by atoms with Gasteiger partial charge < -0.3 is 10.6 Å². The Balaban J connectivity index is 1.55. The maximum atomic E-state index is 12.8. The maximum absolute atomic E-state index is 12.8. The highest BCUT2D eigenvalue weighted by atomic mass is 79.9. The number of hydrogen-bond acceptors (Lipinski definition) is 3. The average Bonchev–Trinajstić information content (AvgIpc) is 3.11. The summed E-state index contributed by atoms with van der Waals surface area (Å²) in [5.41, 5.74) is 4.98. The van der Waals surface area contributed by atoms with Gasteiger partial charge in [0.1, 0.15) is 0 Å². The molecule has 1 saturated heterocycles. The number of aromatic nitrogens is 1. The zero-order valence-electron chi connectivity index (χ0n) is 15.7. The van der Waals surface area contributed by atoms with E-state index in [-0.39, 0.29) is 17.5 Å². The molecule has 2 aromatic heterocycles. The third-order valence-electron chi connectivity index (χ3n) is 5.30. The van der Waals surface area contributed by atoms with Gasteiger partial charge >= 0.3 is 0 Å². The first-order valence-electron chi connectivity index (χ1n) is 9.43. The minimum absolute atomic E-state index is 0.0158. The number of pyridine rings is 2. The normalized spacial score (nSPS) is 16.5. The minimum Gasteiger partial charge on any atom is -0.352 e. The van der Waals surface area contributed by atoms with Crippen molar-refractivity contribution in [2.24, 2.45) is 0 Å². The van der Waals surface area contributed by atoms with E-state index in [1.54, 1.807) is 4.40 Å². The molecule has 1 unspecified atom stereocenters. The summed E-state index contributed by atoms with van der Waals surface area (Å²) in [5.74, 6) is 0.106. The van der Waals surface area contributed by atoms with Gasteiger partial charge in [-0.05, 0) is 54.3 Å². The predicted octanol–water partition coefficient (Wildman–Crippen LogP) is 3.41. The third kappa shape index (κ3) is 3.75. The zero-order valence-corrected chi connectivity index (χ0v) is 17.3. The molecular formula is C22H22BrN3O2. The summed E-state index contributed by atoms with van der Waals surface area (Å²) in [6.07, 6.45) is 3.28. The molecule has 0 saturated carbocycles. The molecular weight excluding hydrogens is 418 g/mol. The van der Waals surface area contributed by atoms with Crippen LogP contribution in [0.2, 0.25) is 0 Å². The van der Waals surface area contributed by atoms with Gasteiger partial charge in [0.25, 0.3) is 5.56 Å².